The number of nitrogens with zero attached hydrogens (tertiary/aromatic N) is 4. The van der Waals surface area contributed by atoms with Gasteiger partial charge in [-0.05, 0) is 19.4 Å². The first-order valence-electron chi connectivity index (χ1n) is 7.61. The van der Waals surface area contributed by atoms with E-state index in [0.717, 1.165) is 17.0 Å². The largest absolute Gasteiger partial charge is 0.495 e. The Morgan fingerprint density at radius 2 is 2.39 bits per heavy atom. The maximum atomic E-state index is 12.9. The molecule has 122 valence electrons. The van der Waals surface area contributed by atoms with Gasteiger partial charge >= 0.3 is 0 Å². The van der Waals surface area contributed by atoms with Crippen LogP contribution in [0.15, 0.2) is 12.3 Å². The minimum atomic E-state index is 0.0191. The van der Waals surface area contributed by atoms with Gasteiger partial charge in [0.1, 0.15) is 10.6 Å². The molecule has 7 nitrogen and oxygen atoms in total. The number of rotatable bonds is 2. The van der Waals surface area contributed by atoms with Crippen LogP contribution in [0.2, 0.25) is 0 Å². The molecular formula is C15H18N4O3S. The Bertz CT molecular complexity index is 741. The third kappa shape index (κ3) is 2.42. The normalized spacial score (nSPS) is 23.3. The van der Waals surface area contributed by atoms with Crippen molar-refractivity contribution in [3.05, 3.63) is 27.7 Å². The predicted molar refractivity (Wildman–Crippen MR) is 83.8 cm³/mol. The van der Waals surface area contributed by atoms with Crippen LogP contribution < -0.4 is 4.74 Å². The zero-order valence-electron chi connectivity index (χ0n) is 13.1. The monoisotopic (exact) mass is 334 g/mol. The minimum absolute atomic E-state index is 0.0191. The van der Waals surface area contributed by atoms with Gasteiger partial charge in [0.15, 0.2) is 0 Å². The number of fused-ring (bicyclic) bond motifs is 3. The molecule has 2 aliphatic rings. The zero-order chi connectivity index (χ0) is 16.0. The van der Waals surface area contributed by atoms with Gasteiger partial charge in [-0.1, -0.05) is 5.21 Å². The number of carbonyl (C=O) groups excluding carboxylic acids is 1. The first-order valence-corrected chi connectivity index (χ1v) is 8.43. The van der Waals surface area contributed by atoms with E-state index in [1.54, 1.807) is 13.3 Å². The topological polar surface area (TPSA) is 69.5 Å². The van der Waals surface area contributed by atoms with Gasteiger partial charge in [0.25, 0.3) is 5.91 Å². The number of aromatic nitrogens is 3. The maximum Gasteiger partial charge on any atom is 0.267 e. The molecule has 1 amide bonds. The summed E-state index contributed by atoms with van der Waals surface area (Å²) >= 11 is 1.48. The highest BCUT2D eigenvalue weighted by molar-refractivity contribution is 7.14. The van der Waals surface area contributed by atoms with Crippen molar-refractivity contribution in [2.75, 3.05) is 20.2 Å². The fourth-order valence-electron chi connectivity index (χ4n) is 3.30. The average molecular weight is 334 g/mol. The fraction of sp³-hybridized carbons (Fsp3) is 0.533. The van der Waals surface area contributed by atoms with Crippen molar-refractivity contribution in [2.24, 2.45) is 0 Å². The molecule has 0 N–H and O–H groups in total. The van der Waals surface area contributed by atoms with Crippen LogP contribution in [0.25, 0.3) is 0 Å². The van der Waals surface area contributed by atoms with E-state index in [4.69, 9.17) is 9.47 Å². The van der Waals surface area contributed by atoms with Crippen LogP contribution in [0.5, 0.6) is 5.75 Å². The Hall–Kier alpha value is -1.93. The molecule has 2 aromatic heterocycles. The van der Waals surface area contributed by atoms with Crippen molar-refractivity contribution in [3.8, 4) is 5.75 Å². The number of aryl methyl sites for hydroxylation is 1. The van der Waals surface area contributed by atoms with Gasteiger partial charge in [-0.2, -0.15) is 0 Å². The van der Waals surface area contributed by atoms with Gasteiger partial charge in [0.2, 0.25) is 0 Å². The van der Waals surface area contributed by atoms with Gasteiger partial charge in [0, 0.05) is 18.0 Å². The van der Waals surface area contributed by atoms with E-state index in [1.165, 1.54) is 11.3 Å². The number of piperidine rings is 1. The Labute approximate surface area is 137 Å². The average Bonchev–Trinajstić information content (AvgIpc) is 3.19. The van der Waals surface area contributed by atoms with E-state index in [1.807, 2.05) is 22.6 Å². The van der Waals surface area contributed by atoms with E-state index in [-0.39, 0.29) is 18.1 Å². The molecule has 4 heterocycles. The fourth-order valence-corrected chi connectivity index (χ4v) is 4.25. The molecule has 0 radical (unpaired) electrons. The number of hydrogen-bond acceptors (Lipinski definition) is 6. The summed E-state index contributed by atoms with van der Waals surface area (Å²) in [5.41, 5.74) is 0.963. The highest BCUT2D eigenvalue weighted by Gasteiger charge is 2.38. The van der Waals surface area contributed by atoms with Crippen LogP contribution in [-0.2, 0) is 11.3 Å². The molecule has 8 heteroatoms. The molecule has 0 spiro atoms. The van der Waals surface area contributed by atoms with E-state index in [0.29, 0.717) is 30.3 Å². The quantitative estimate of drug-likeness (QED) is 0.835. The SMILES string of the molecule is COc1cc(C)sc1C(=O)N1CC[C@H]2OCc3cnnn3[C@@H]2C1. The molecular weight excluding hydrogens is 316 g/mol. The Kier molecular flexibility index (Phi) is 3.57. The van der Waals surface area contributed by atoms with Gasteiger partial charge in [0.05, 0.1) is 37.8 Å². The molecule has 0 bridgehead atoms. The van der Waals surface area contributed by atoms with E-state index >= 15 is 0 Å². The van der Waals surface area contributed by atoms with Crippen LogP contribution in [0.1, 0.15) is 32.7 Å². The van der Waals surface area contributed by atoms with Gasteiger partial charge in [-0.15, -0.1) is 16.4 Å². The molecule has 23 heavy (non-hydrogen) atoms. The van der Waals surface area contributed by atoms with Gasteiger partial charge in [-0.3, -0.25) is 4.79 Å². The van der Waals surface area contributed by atoms with E-state index in [9.17, 15) is 4.79 Å². The van der Waals surface area contributed by atoms with Gasteiger partial charge < -0.3 is 14.4 Å². The second-order valence-electron chi connectivity index (χ2n) is 5.88. The molecule has 1 fully saturated rings. The highest BCUT2D eigenvalue weighted by Crippen LogP contribution is 2.34. The summed E-state index contributed by atoms with van der Waals surface area (Å²) in [6.45, 7) is 3.79. The van der Waals surface area contributed by atoms with E-state index < -0.39 is 0 Å². The molecule has 0 aliphatic carbocycles. The summed E-state index contributed by atoms with van der Waals surface area (Å²) in [6, 6.07) is 1.94. The Morgan fingerprint density at radius 3 is 3.22 bits per heavy atom. The van der Waals surface area contributed by atoms with Crippen LogP contribution in [0, 0.1) is 6.92 Å². The first kappa shape index (κ1) is 14.6. The number of carbonyl (C=O) groups is 1. The summed E-state index contributed by atoms with van der Waals surface area (Å²) in [7, 11) is 1.60. The molecule has 2 aliphatic heterocycles. The van der Waals surface area contributed by atoms with Gasteiger partial charge in [-0.25, -0.2) is 4.68 Å². The second-order valence-corrected chi connectivity index (χ2v) is 7.14. The third-order valence-corrected chi connectivity index (χ3v) is 5.47. The maximum absolute atomic E-state index is 12.9. The van der Waals surface area contributed by atoms with Crippen LogP contribution in [0.4, 0.5) is 0 Å². The Morgan fingerprint density at radius 1 is 1.52 bits per heavy atom. The lowest BCUT2D eigenvalue weighted by Gasteiger charge is -2.40. The third-order valence-electron chi connectivity index (χ3n) is 4.45. The molecule has 0 aromatic carbocycles. The van der Waals surface area contributed by atoms with Crippen LogP contribution in [-0.4, -0.2) is 52.1 Å². The number of ether oxygens (including phenoxy) is 2. The van der Waals surface area contributed by atoms with Crippen molar-refractivity contribution < 1.29 is 14.3 Å². The molecule has 4 rings (SSSR count). The predicted octanol–water partition coefficient (Wildman–Crippen LogP) is 1.64. The highest BCUT2D eigenvalue weighted by atomic mass is 32.1. The standard InChI is InChI=1S/C15H18N4O3S/c1-9-5-13(21-2)14(23-9)15(20)18-4-3-12-11(7-18)19-10(8-22-12)6-16-17-19/h5-6,11-12H,3-4,7-8H2,1-2H3/t11-,12-/m1/s1. The minimum Gasteiger partial charge on any atom is -0.495 e. The van der Waals surface area contributed by atoms with Crippen molar-refractivity contribution >= 4 is 17.2 Å². The lowest BCUT2D eigenvalue weighted by molar-refractivity contribution is -0.0604. The summed E-state index contributed by atoms with van der Waals surface area (Å²) in [5.74, 6) is 0.673. The Balaban J connectivity index is 1.59. The zero-order valence-corrected chi connectivity index (χ0v) is 13.9. The number of likely N-dealkylation sites (tertiary alicyclic amines) is 1. The van der Waals surface area contributed by atoms with Crippen LogP contribution in [0.3, 0.4) is 0 Å². The van der Waals surface area contributed by atoms with Crippen molar-refractivity contribution in [1.29, 1.82) is 0 Å². The number of amides is 1. The summed E-state index contributed by atoms with van der Waals surface area (Å²) in [5, 5.41) is 8.14. The number of thiophene rings is 1. The lowest BCUT2D eigenvalue weighted by Crippen LogP contribution is -2.49. The summed E-state index contributed by atoms with van der Waals surface area (Å²) < 4.78 is 13.1. The summed E-state index contributed by atoms with van der Waals surface area (Å²) in [6.07, 6.45) is 2.63. The van der Waals surface area contributed by atoms with Crippen molar-refractivity contribution in [3.63, 3.8) is 0 Å². The number of hydrogen-bond donors (Lipinski definition) is 0. The van der Waals surface area contributed by atoms with E-state index in [2.05, 4.69) is 10.3 Å². The first-order chi connectivity index (χ1) is 11.2. The molecule has 2 atom stereocenters. The smallest absolute Gasteiger partial charge is 0.267 e. The summed E-state index contributed by atoms with van der Waals surface area (Å²) in [4.78, 5) is 16.5. The molecule has 0 unspecified atom stereocenters. The lowest BCUT2D eigenvalue weighted by atomic mass is 10.0. The second kappa shape index (κ2) is 5.61. The molecule has 2 aromatic rings. The molecule has 1 saturated heterocycles. The van der Waals surface area contributed by atoms with Crippen LogP contribution >= 0.6 is 11.3 Å². The molecule has 0 saturated carbocycles. The van der Waals surface area contributed by atoms with Crippen molar-refractivity contribution in [2.45, 2.75) is 32.1 Å². The van der Waals surface area contributed by atoms with Crippen molar-refractivity contribution in [1.82, 2.24) is 19.9 Å². The number of methoxy groups -OCH3 is 1.